The Kier molecular flexibility index (Phi) is 6.63. The highest BCUT2D eigenvalue weighted by atomic mass is 16.5. The summed E-state index contributed by atoms with van der Waals surface area (Å²) in [6, 6.07) is 27.1. The summed E-state index contributed by atoms with van der Waals surface area (Å²) in [5, 5.41) is 18.3. The SMILES string of the molecule is CCCCCCc1ccc(-c2ccc(-c3nc4cc(C(=O)c5cccc6[nH]n[n+]([O-])c56)ccc4o3)cc2)cc1. The van der Waals surface area contributed by atoms with E-state index < -0.39 is 0 Å². The fourth-order valence-electron chi connectivity index (χ4n) is 4.94. The van der Waals surface area contributed by atoms with Gasteiger partial charge in [0.05, 0.1) is 10.8 Å². The molecule has 4 aromatic carbocycles. The summed E-state index contributed by atoms with van der Waals surface area (Å²) in [4.78, 5) is 18.3. The molecule has 6 aromatic rings. The molecule has 7 heteroatoms. The van der Waals surface area contributed by atoms with Crippen molar-refractivity contribution in [3.63, 3.8) is 0 Å². The lowest BCUT2D eigenvalue weighted by Crippen LogP contribution is -2.29. The van der Waals surface area contributed by atoms with Crippen molar-refractivity contribution < 1.29 is 14.1 Å². The van der Waals surface area contributed by atoms with Gasteiger partial charge < -0.3 is 9.62 Å². The molecule has 0 aliphatic heterocycles. The zero-order chi connectivity index (χ0) is 26.8. The number of fused-ring (bicyclic) bond motifs is 2. The third-order valence-electron chi connectivity index (χ3n) is 7.12. The van der Waals surface area contributed by atoms with Gasteiger partial charge in [0, 0.05) is 11.1 Å². The average molecular weight is 517 g/mol. The van der Waals surface area contributed by atoms with Crippen molar-refractivity contribution in [3.8, 4) is 22.6 Å². The second-order valence-electron chi connectivity index (χ2n) is 9.80. The number of hydrogen-bond donors (Lipinski definition) is 1. The number of aryl methyl sites for hydroxylation is 1. The van der Waals surface area contributed by atoms with Crippen LogP contribution < -0.4 is 4.85 Å². The molecule has 0 bridgehead atoms. The molecular weight excluding hydrogens is 488 g/mol. The van der Waals surface area contributed by atoms with Crippen LogP contribution >= 0.6 is 0 Å². The molecule has 6 rings (SSSR count). The van der Waals surface area contributed by atoms with Gasteiger partial charge in [0.1, 0.15) is 5.52 Å². The normalized spacial score (nSPS) is 11.4. The first-order valence-electron chi connectivity index (χ1n) is 13.3. The summed E-state index contributed by atoms with van der Waals surface area (Å²) in [5.74, 6) is 0.201. The number of aromatic nitrogens is 4. The number of carbonyl (C=O) groups excluding carboxylic acids is 1. The highest BCUT2D eigenvalue weighted by molar-refractivity contribution is 6.15. The maximum atomic E-state index is 13.3. The van der Waals surface area contributed by atoms with Crippen LogP contribution in [0, 0.1) is 5.21 Å². The second kappa shape index (κ2) is 10.5. The van der Waals surface area contributed by atoms with Crippen molar-refractivity contribution in [2.24, 2.45) is 0 Å². The molecule has 39 heavy (non-hydrogen) atoms. The first-order chi connectivity index (χ1) is 19.1. The third kappa shape index (κ3) is 4.91. The molecule has 0 saturated carbocycles. The largest absolute Gasteiger partial charge is 0.691 e. The fraction of sp³-hybridized carbons (Fsp3) is 0.188. The number of nitrogens with zero attached hydrogens (tertiary/aromatic N) is 3. The number of unbranched alkanes of at least 4 members (excludes halogenated alkanes) is 3. The van der Waals surface area contributed by atoms with Gasteiger partial charge in [-0.3, -0.25) is 4.79 Å². The quantitative estimate of drug-likeness (QED) is 0.0963. The smallest absolute Gasteiger partial charge is 0.227 e. The summed E-state index contributed by atoms with van der Waals surface area (Å²) < 4.78 is 6.00. The van der Waals surface area contributed by atoms with E-state index in [9.17, 15) is 10.0 Å². The van der Waals surface area contributed by atoms with Crippen molar-refractivity contribution in [2.45, 2.75) is 39.0 Å². The lowest BCUT2D eigenvalue weighted by Gasteiger charge is -2.05. The van der Waals surface area contributed by atoms with Crippen molar-refractivity contribution in [1.29, 1.82) is 0 Å². The van der Waals surface area contributed by atoms with E-state index in [1.54, 1.807) is 36.4 Å². The van der Waals surface area contributed by atoms with Gasteiger partial charge in [-0.2, -0.15) is 0 Å². The first kappa shape index (κ1) is 24.6. The van der Waals surface area contributed by atoms with E-state index >= 15 is 0 Å². The van der Waals surface area contributed by atoms with Crippen molar-refractivity contribution in [2.75, 3.05) is 0 Å². The number of aromatic amines is 1. The minimum atomic E-state index is -0.283. The van der Waals surface area contributed by atoms with Crippen LogP contribution in [0.2, 0.25) is 0 Å². The Labute approximate surface area is 225 Å². The van der Waals surface area contributed by atoms with Crippen molar-refractivity contribution >= 4 is 27.9 Å². The Hall–Kier alpha value is -4.78. The number of para-hydroxylation sites is 1. The second-order valence-corrected chi connectivity index (χ2v) is 9.80. The first-order valence-corrected chi connectivity index (χ1v) is 13.3. The highest BCUT2D eigenvalue weighted by Crippen LogP contribution is 2.29. The van der Waals surface area contributed by atoms with E-state index in [1.807, 2.05) is 12.1 Å². The molecule has 0 amide bonds. The van der Waals surface area contributed by atoms with Crippen LogP contribution in [0.3, 0.4) is 0 Å². The van der Waals surface area contributed by atoms with Gasteiger partial charge in [-0.25, -0.2) is 4.98 Å². The lowest BCUT2D eigenvalue weighted by molar-refractivity contribution is -0.644. The average Bonchev–Trinajstić information content (AvgIpc) is 3.58. The number of nitrogens with one attached hydrogen (secondary N) is 1. The number of hydrogen-bond acceptors (Lipinski definition) is 5. The summed E-state index contributed by atoms with van der Waals surface area (Å²) in [6.07, 6.45) is 6.21. The van der Waals surface area contributed by atoms with E-state index in [-0.39, 0.29) is 16.9 Å². The lowest BCUT2D eigenvalue weighted by atomic mass is 10.0. The number of rotatable bonds is 9. The number of oxazole rings is 1. The minimum absolute atomic E-state index is 0.213. The van der Waals surface area contributed by atoms with Crippen LogP contribution in [-0.2, 0) is 6.42 Å². The van der Waals surface area contributed by atoms with Gasteiger partial charge in [0.25, 0.3) is 0 Å². The zero-order valence-electron chi connectivity index (χ0n) is 21.7. The maximum Gasteiger partial charge on any atom is 0.227 e. The molecule has 0 aliphatic rings. The number of benzene rings is 4. The minimum Gasteiger partial charge on any atom is -0.691 e. The molecule has 0 atom stereocenters. The Balaban J connectivity index is 1.21. The van der Waals surface area contributed by atoms with Crippen LogP contribution in [-0.4, -0.2) is 21.1 Å². The van der Waals surface area contributed by atoms with Crippen LogP contribution in [0.15, 0.2) is 89.3 Å². The summed E-state index contributed by atoms with van der Waals surface area (Å²) in [5.41, 5.74) is 7.10. The van der Waals surface area contributed by atoms with E-state index in [1.165, 1.54) is 36.8 Å². The van der Waals surface area contributed by atoms with Crippen LogP contribution in [0.5, 0.6) is 0 Å². The van der Waals surface area contributed by atoms with Gasteiger partial charge in [-0.15, -0.1) is 9.94 Å². The van der Waals surface area contributed by atoms with Crippen LogP contribution in [0.4, 0.5) is 0 Å². The van der Waals surface area contributed by atoms with Gasteiger partial charge >= 0.3 is 0 Å². The maximum absolute atomic E-state index is 13.3. The summed E-state index contributed by atoms with van der Waals surface area (Å²) >= 11 is 0. The Morgan fingerprint density at radius 3 is 2.41 bits per heavy atom. The highest BCUT2D eigenvalue weighted by Gasteiger charge is 2.20. The van der Waals surface area contributed by atoms with E-state index in [0.717, 1.165) is 17.5 Å². The molecule has 2 heterocycles. The van der Waals surface area contributed by atoms with E-state index in [0.29, 0.717) is 32.9 Å². The molecule has 7 nitrogen and oxygen atoms in total. The molecule has 0 spiro atoms. The van der Waals surface area contributed by atoms with Gasteiger partial charge in [-0.1, -0.05) is 68.7 Å². The Morgan fingerprint density at radius 2 is 1.64 bits per heavy atom. The molecule has 0 saturated heterocycles. The van der Waals surface area contributed by atoms with E-state index in [2.05, 4.69) is 58.6 Å². The predicted octanol–water partition coefficient (Wildman–Crippen LogP) is 7.03. The van der Waals surface area contributed by atoms with Crippen molar-refractivity contribution in [1.82, 2.24) is 15.3 Å². The van der Waals surface area contributed by atoms with Gasteiger partial charge in [0.2, 0.25) is 11.4 Å². The van der Waals surface area contributed by atoms with E-state index in [4.69, 9.17) is 4.42 Å². The molecule has 0 radical (unpaired) electrons. The predicted molar refractivity (Wildman–Crippen MR) is 151 cm³/mol. The van der Waals surface area contributed by atoms with Crippen LogP contribution in [0.1, 0.15) is 54.1 Å². The molecular formula is C32H28N4O3. The molecule has 194 valence electrons. The fourth-order valence-corrected chi connectivity index (χ4v) is 4.94. The zero-order valence-corrected chi connectivity index (χ0v) is 21.7. The monoisotopic (exact) mass is 516 g/mol. The number of ketones is 1. The molecule has 0 aliphatic carbocycles. The molecule has 1 N–H and O–H groups in total. The van der Waals surface area contributed by atoms with Gasteiger partial charge in [0.15, 0.2) is 16.9 Å². The number of carbonyl (C=O) groups is 1. The standard InChI is InChI=1S/C32H28N4O3/c1-2-3-4-5-7-21-10-12-22(13-11-21)23-14-16-24(17-15-23)32-33-28-20-25(18-19-29(28)39-32)31(37)26-8-6-9-27-30(26)36(38)35-34-27/h6,8-20,34H,2-5,7H2,1H3. The Bertz CT molecular complexity index is 1770. The molecule has 2 aromatic heterocycles. The third-order valence-corrected chi connectivity index (χ3v) is 7.12. The molecule has 0 unspecified atom stereocenters. The van der Waals surface area contributed by atoms with Gasteiger partial charge in [-0.05, 0) is 72.0 Å². The number of H-pyrrole nitrogens is 1. The topological polar surface area (TPSA) is 98.7 Å². The summed E-state index contributed by atoms with van der Waals surface area (Å²) in [7, 11) is 0. The summed E-state index contributed by atoms with van der Waals surface area (Å²) in [6.45, 7) is 2.24. The van der Waals surface area contributed by atoms with Crippen molar-refractivity contribution in [3.05, 3.63) is 107 Å². The molecule has 0 fully saturated rings. The van der Waals surface area contributed by atoms with Crippen LogP contribution in [0.25, 0.3) is 44.7 Å². The Morgan fingerprint density at radius 1 is 0.897 bits per heavy atom.